The fourth-order valence-corrected chi connectivity index (χ4v) is 1.66. The maximum absolute atomic E-state index is 12.3. The summed E-state index contributed by atoms with van der Waals surface area (Å²) in [5.74, 6) is -0.506. The molecule has 1 aliphatic carbocycles. The van der Waals surface area contributed by atoms with Gasteiger partial charge in [-0.25, -0.2) is 0 Å². The van der Waals surface area contributed by atoms with Gasteiger partial charge in [-0.3, -0.25) is 4.79 Å². The molecule has 0 aromatic carbocycles. The molecule has 0 radical (unpaired) electrons. The fourth-order valence-electron chi connectivity index (χ4n) is 1.66. The van der Waals surface area contributed by atoms with E-state index in [2.05, 4.69) is 10.2 Å². The number of halogens is 3. The molecule has 0 amide bonds. The third kappa shape index (κ3) is 3.80. The number of aliphatic carboxylic acids is 1. The molecule has 104 valence electrons. The van der Waals surface area contributed by atoms with Gasteiger partial charge in [-0.15, -0.1) is 10.2 Å². The molecule has 0 spiro atoms. The largest absolute Gasteiger partial charge is 0.480 e. The van der Waals surface area contributed by atoms with Crippen LogP contribution in [0, 0.1) is 5.92 Å². The molecule has 1 aromatic rings. The van der Waals surface area contributed by atoms with Gasteiger partial charge >= 0.3 is 12.1 Å². The van der Waals surface area contributed by atoms with Gasteiger partial charge in [0.2, 0.25) is 0 Å². The van der Waals surface area contributed by atoms with Crippen molar-refractivity contribution in [3.05, 3.63) is 17.8 Å². The highest BCUT2D eigenvalue weighted by Gasteiger charge is 2.33. The van der Waals surface area contributed by atoms with E-state index in [1.54, 1.807) is 0 Å². The van der Waals surface area contributed by atoms with Crippen LogP contribution in [0.25, 0.3) is 0 Å². The van der Waals surface area contributed by atoms with Crippen molar-refractivity contribution >= 4 is 11.8 Å². The zero-order valence-electron chi connectivity index (χ0n) is 9.89. The molecule has 8 heteroatoms. The summed E-state index contributed by atoms with van der Waals surface area (Å²) in [6.07, 6.45) is -2.53. The van der Waals surface area contributed by atoms with Gasteiger partial charge in [0, 0.05) is 6.54 Å². The van der Waals surface area contributed by atoms with Crippen LogP contribution in [0.3, 0.4) is 0 Å². The summed E-state index contributed by atoms with van der Waals surface area (Å²) in [4.78, 5) is 12.2. The standard InChI is InChI=1S/C11H12F3N3O2/c12-11(13,14)8-3-4-9(16-15-8)17(6-10(18)19)5-7-1-2-7/h3-4,7H,1-2,5-6H2,(H,18,19). The topological polar surface area (TPSA) is 66.3 Å². The van der Waals surface area contributed by atoms with Crippen molar-refractivity contribution in [1.82, 2.24) is 10.2 Å². The molecule has 1 N–H and O–H groups in total. The summed E-state index contributed by atoms with van der Waals surface area (Å²) in [7, 11) is 0. The van der Waals surface area contributed by atoms with Crippen molar-refractivity contribution in [3.63, 3.8) is 0 Å². The van der Waals surface area contributed by atoms with Gasteiger partial charge in [0.1, 0.15) is 6.54 Å². The average molecular weight is 275 g/mol. The lowest BCUT2D eigenvalue weighted by atomic mass is 10.3. The molecular formula is C11H12F3N3O2. The van der Waals surface area contributed by atoms with Crippen LogP contribution in [0.4, 0.5) is 19.0 Å². The fraction of sp³-hybridized carbons (Fsp3) is 0.545. The van der Waals surface area contributed by atoms with Gasteiger partial charge in [0.15, 0.2) is 11.5 Å². The molecule has 2 rings (SSSR count). The molecule has 1 fully saturated rings. The molecule has 1 aliphatic rings. The number of hydrogen-bond acceptors (Lipinski definition) is 4. The smallest absolute Gasteiger partial charge is 0.435 e. The van der Waals surface area contributed by atoms with E-state index >= 15 is 0 Å². The summed E-state index contributed by atoms with van der Waals surface area (Å²) in [5, 5.41) is 15.4. The molecule has 0 unspecified atom stereocenters. The Morgan fingerprint density at radius 3 is 2.47 bits per heavy atom. The number of alkyl halides is 3. The van der Waals surface area contributed by atoms with E-state index in [1.165, 1.54) is 4.90 Å². The maximum Gasteiger partial charge on any atom is 0.435 e. The molecular weight excluding hydrogens is 263 g/mol. The number of rotatable bonds is 5. The van der Waals surface area contributed by atoms with Crippen LogP contribution < -0.4 is 4.90 Å². The zero-order chi connectivity index (χ0) is 14.0. The highest BCUT2D eigenvalue weighted by Crippen LogP contribution is 2.31. The lowest BCUT2D eigenvalue weighted by molar-refractivity contribution is -0.141. The summed E-state index contributed by atoms with van der Waals surface area (Å²) in [5.41, 5.74) is -1.09. The summed E-state index contributed by atoms with van der Waals surface area (Å²) in [6.45, 7) is 0.183. The van der Waals surface area contributed by atoms with Crippen molar-refractivity contribution in [2.75, 3.05) is 18.0 Å². The van der Waals surface area contributed by atoms with Crippen LogP contribution in [0.2, 0.25) is 0 Å². The molecule has 0 saturated heterocycles. The number of carboxylic acid groups (broad SMARTS) is 1. The molecule has 0 bridgehead atoms. The third-order valence-corrected chi connectivity index (χ3v) is 2.77. The number of aromatic nitrogens is 2. The molecule has 19 heavy (non-hydrogen) atoms. The molecule has 1 saturated carbocycles. The van der Waals surface area contributed by atoms with E-state index in [0.29, 0.717) is 12.5 Å². The second-order valence-electron chi connectivity index (χ2n) is 4.49. The maximum atomic E-state index is 12.3. The van der Waals surface area contributed by atoms with Crippen molar-refractivity contribution in [2.45, 2.75) is 19.0 Å². The van der Waals surface area contributed by atoms with Gasteiger partial charge in [0.05, 0.1) is 0 Å². The highest BCUT2D eigenvalue weighted by molar-refractivity contribution is 5.73. The SMILES string of the molecule is O=C(O)CN(CC1CC1)c1ccc(C(F)(F)F)nn1. The minimum absolute atomic E-state index is 0.155. The summed E-state index contributed by atoms with van der Waals surface area (Å²) in [6, 6.07) is 1.96. The monoisotopic (exact) mass is 275 g/mol. The second-order valence-corrected chi connectivity index (χ2v) is 4.49. The minimum atomic E-state index is -4.54. The first-order valence-electron chi connectivity index (χ1n) is 5.74. The van der Waals surface area contributed by atoms with Crippen LogP contribution in [-0.2, 0) is 11.0 Å². The van der Waals surface area contributed by atoms with Crippen LogP contribution in [0.1, 0.15) is 18.5 Å². The zero-order valence-corrected chi connectivity index (χ0v) is 9.89. The molecule has 0 atom stereocenters. The van der Waals surface area contributed by atoms with Crippen molar-refractivity contribution in [2.24, 2.45) is 5.92 Å². The Morgan fingerprint density at radius 1 is 1.37 bits per heavy atom. The predicted molar refractivity (Wildman–Crippen MR) is 59.6 cm³/mol. The third-order valence-electron chi connectivity index (χ3n) is 2.77. The lowest BCUT2D eigenvalue weighted by Gasteiger charge is -2.21. The quantitative estimate of drug-likeness (QED) is 0.887. The van der Waals surface area contributed by atoms with Crippen LogP contribution in [-0.4, -0.2) is 34.4 Å². The van der Waals surface area contributed by atoms with E-state index in [4.69, 9.17) is 5.11 Å². The average Bonchev–Trinajstić information content (AvgIpc) is 3.10. The first kappa shape index (κ1) is 13.6. The molecule has 0 aliphatic heterocycles. The Labute approximate surface area is 107 Å². The number of hydrogen-bond donors (Lipinski definition) is 1. The van der Waals surface area contributed by atoms with Gasteiger partial charge in [-0.2, -0.15) is 13.2 Å². The van der Waals surface area contributed by atoms with Crippen molar-refractivity contribution in [3.8, 4) is 0 Å². The molecule has 5 nitrogen and oxygen atoms in total. The second kappa shape index (κ2) is 5.02. The summed E-state index contributed by atoms with van der Waals surface area (Å²) < 4.78 is 37.0. The Balaban J connectivity index is 2.13. The van der Waals surface area contributed by atoms with E-state index in [9.17, 15) is 18.0 Å². The Bertz CT molecular complexity index is 457. The predicted octanol–water partition coefficient (Wildman–Crippen LogP) is 1.80. The van der Waals surface area contributed by atoms with Crippen molar-refractivity contribution in [1.29, 1.82) is 0 Å². The minimum Gasteiger partial charge on any atom is -0.480 e. The Morgan fingerprint density at radius 2 is 2.05 bits per heavy atom. The number of carboxylic acids is 1. The summed E-state index contributed by atoms with van der Waals surface area (Å²) >= 11 is 0. The number of nitrogens with zero attached hydrogens (tertiary/aromatic N) is 3. The Kier molecular flexibility index (Phi) is 3.59. The Hall–Kier alpha value is -1.86. The van der Waals surface area contributed by atoms with Gasteiger partial charge in [0.25, 0.3) is 0 Å². The van der Waals surface area contributed by atoms with Gasteiger partial charge in [-0.05, 0) is 30.9 Å². The van der Waals surface area contributed by atoms with E-state index in [1.807, 2.05) is 0 Å². The van der Waals surface area contributed by atoms with Gasteiger partial charge < -0.3 is 10.0 Å². The van der Waals surface area contributed by atoms with Crippen molar-refractivity contribution < 1.29 is 23.1 Å². The molecule has 1 aromatic heterocycles. The van der Waals surface area contributed by atoms with E-state index in [-0.39, 0.29) is 12.4 Å². The van der Waals surface area contributed by atoms with E-state index in [0.717, 1.165) is 25.0 Å². The first-order chi connectivity index (χ1) is 8.86. The lowest BCUT2D eigenvalue weighted by Crippen LogP contribution is -2.32. The highest BCUT2D eigenvalue weighted by atomic mass is 19.4. The number of anilines is 1. The van der Waals surface area contributed by atoms with Gasteiger partial charge in [-0.1, -0.05) is 0 Å². The normalized spacial score (nSPS) is 15.3. The van der Waals surface area contributed by atoms with Crippen LogP contribution >= 0.6 is 0 Å². The first-order valence-corrected chi connectivity index (χ1v) is 5.74. The van der Waals surface area contributed by atoms with Crippen LogP contribution in [0.5, 0.6) is 0 Å². The number of carbonyl (C=O) groups is 1. The van der Waals surface area contributed by atoms with Crippen LogP contribution in [0.15, 0.2) is 12.1 Å². The molecule has 1 heterocycles. The van der Waals surface area contributed by atoms with E-state index < -0.39 is 17.8 Å².